The third-order valence-electron chi connectivity index (χ3n) is 3.16. The molecule has 112 valence electrons. The van der Waals surface area contributed by atoms with Crippen molar-refractivity contribution in [2.75, 3.05) is 0 Å². The summed E-state index contributed by atoms with van der Waals surface area (Å²) in [5, 5.41) is 21.3. The monoisotopic (exact) mass is 314 g/mol. The Labute approximate surface area is 129 Å². The van der Waals surface area contributed by atoms with E-state index in [1.807, 2.05) is 13.8 Å². The molecule has 0 fully saturated rings. The van der Waals surface area contributed by atoms with Crippen LogP contribution in [0.25, 0.3) is 16.8 Å². The van der Waals surface area contributed by atoms with Crippen molar-refractivity contribution < 1.29 is 5.11 Å². The number of aromatic nitrogens is 3. The van der Waals surface area contributed by atoms with Crippen molar-refractivity contribution >= 4 is 23.0 Å². The van der Waals surface area contributed by atoms with E-state index in [-0.39, 0.29) is 16.5 Å². The molecule has 0 saturated heterocycles. The maximum Gasteiger partial charge on any atom is 0.283 e. The van der Waals surface area contributed by atoms with E-state index >= 15 is 0 Å². The number of aromatic amines is 1. The van der Waals surface area contributed by atoms with Crippen LogP contribution in [0.3, 0.4) is 0 Å². The molecule has 7 heteroatoms. The van der Waals surface area contributed by atoms with Gasteiger partial charge in [-0.3, -0.25) is 15.3 Å². The van der Waals surface area contributed by atoms with Crippen molar-refractivity contribution in [2.24, 2.45) is 0 Å². The van der Waals surface area contributed by atoms with Crippen LogP contribution in [0.4, 0.5) is 0 Å². The summed E-state index contributed by atoms with van der Waals surface area (Å²) in [4.78, 5) is 16.2. The van der Waals surface area contributed by atoms with E-state index in [1.165, 1.54) is 28.2 Å². The van der Waals surface area contributed by atoms with Crippen molar-refractivity contribution in [3.05, 3.63) is 55.6 Å². The Morgan fingerprint density at radius 1 is 1.36 bits per heavy atom. The first-order valence-electron chi connectivity index (χ1n) is 6.60. The Morgan fingerprint density at radius 3 is 2.68 bits per heavy atom. The van der Waals surface area contributed by atoms with Gasteiger partial charge < -0.3 is 5.11 Å². The van der Waals surface area contributed by atoms with Gasteiger partial charge in [0.15, 0.2) is 5.49 Å². The van der Waals surface area contributed by atoms with Crippen LogP contribution in [-0.2, 0) is 0 Å². The minimum atomic E-state index is -0.436. The van der Waals surface area contributed by atoms with Crippen LogP contribution >= 0.6 is 11.3 Å². The zero-order chi connectivity index (χ0) is 15.9. The summed E-state index contributed by atoms with van der Waals surface area (Å²) in [6.07, 6.45) is 1.59. The van der Waals surface area contributed by atoms with E-state index in [2.05, 4.69) is 10.1 Å². The number of hydrogen-bond donors (Lipinski definition) is 3. The molecular weight excluding hydrogens is 300 g/mol. The molecule has 0 aliphatic carbocycles. The molecular formula is C15H14N4O2S. The number of phenolic OH excluding ortho intramolecular Hbond substituents is 1. The summed E-state index contributed by atoms with van der Waals surface area (Å²) in [5.41, 5.74) is 1.41. The van der Waals surface area contributed by atoms with E-state index in [4.69, 9.17) is 5.41 Å². The highest BCUT2D eigenvalue weighted by Crippen LogP contribution is 2.09. The topological polar surface area (TPSA) is 94.8 Å². The maximum absolute atomic E-state index is 12.2. The fraction of sp³-hybridized carbons (Fsp3) is 0.133. The minimum absolute atomic E-state index is 0.0619. The van der Waals surface area contributed by atoms with Crippen molar-refractivity contribution in [3.8, 4) is 10.9 Å². The average Bonchev–Trinajstić information content (AvgIpc) is 2.90. The number of rotatable bonds is 1. The molecule has 3 N–H and O–H groups in total. The third kappa shape index (κ3) is 2.46. The Kier molecular flexibility index (Phi) is 3.42. The molecule has 2 aliphatic heterocycles. The van der Waals surface area contributed by atoms with Crippen molar-refractivity contribution in [3.63, 3.8) is 0 Å². The van der Waals surface area contributed by atoms with E-state index in [0.29, 0.717) is 5.13 Å². The number of benzene rings is 1. The molecule has 0 amide bonds. The summed E-state index contributed by atoms with van der Waals surface area (Å²) in [5.74, 6) is 0.151. The van der Waals surface area contributed by atoms with Crippen molar-refractivity contribution in [1.82, 2.24) is 14.8 Å². The number of H-pyrrole nitrogens is 1. The van der Waals surface area contributed by atoms with Gasteiger partial charge in [-0.25, -0.2) is 4.68 Å². The SMILES string of the molecule is CC(C)=c1[nH]n2c(=N)/c(=C/c3ccc(O)cc3)c(=O)nc-2s1. The normalized spacial score (nSPS) is 12.0. The summed E-state index contributed by atoms with van der Waals surface area (Å²) in [7, 11) is 0. The zero-order valence-corrected chi connectivity index (χ0v) is 12.9. The number of phenols is 1. The maximum atomic E-state index is 12.2. The molecule has 2 heterocycles. The first-order valence-corrected chi connectivity index (χ1v) is 7.42. The number of fused-ring (bicyclic) bond motifs is 1. The molecule has 6 nitrogen and oxygen atoms in total. The highest BCUT2D eigenvalue weighted by molar-refractivity contribution is 7.11. The second-order valence-electron chi connectivity index (χ2n) is 5.08. The fourth-order valence-corrected chi connectivity index (χ4v) is 2.86. The molecule has 0 atom stereocenters. The fourth-order valence-electron chi connectivity index (χ4n) is 1.98. The van der Waals surface area contributed by atoms with Gasteiger partial charge >= 0.3 is 0 Å². The zero-order valence-electron chi connectivity index (χ0n) is 12.0. The molecule has 0 spiro atoms. The van der Waals surface area contributed by atoms with Crippen LogP contribution in [0.5, 0.6) is 5.75 Å². The summed E-state index contributed by atoms with van der Waals surface area (Å²) in [6, 6.07) is 6.41. The predicted octanol–water partition coefficient (Wildman–Crippen LogP) is 0.264. The summed E-state index contributed by atoms with van der Waals surface area (Å²) >= 11 is 1.34. The number of nitrogens with zero attached hydrogens (tertiary/aromatic N) is 2. The Morgan fingerprint density at radius 2 is 2.05 bits per heavy atom. The van der Waals surface area contributed by atoms with Gasteiger partial charge in [-0.2, -0.15) is 4.98 Å². The highest BCUT2D eigenvalue weighted by atomic mass is 32.1. The van der Waals surface area contributed by atoms with E-state index in [1.54, 1.807) is 18.2 Å². The highest BCUT2D eigenvalue weighted by Gasteiger charge is 2.10. The first kappa shape index (κ1) is 14.3. The van der Waals surface area contributed by atoms with Gasteiger partial charge in [0.25, 0.3) is 5.56 Å². The lowest BCUT2D eigenvalue weighted by Gasteiger charge is -2.00. The standard InChI is InChI=1S/C15H14N4O2S/c1-8(2)14-18-19-12(16)11(13(21)17-15(19)22-14)7-9-3-5-10(20)6-4-9/h3-7,16,18,20H,1-2H3/b11-7-,16-12?. The van der Waals surface area contributed by atoms with Crippen LogP contribution in [0.2, 0.25) is 0 Å². The van der Waals surface area contributed by atoms with Gasteiger partial charge in [0.2, 0.25) is 5.13 Å². The molecule has 3 rings (SSSR count). The first-order chi connectivity index (χ1) is 10.5. The lowest BCUT2D eigenvalue weighted by molar-refractivity contribution is 0.475. The minimum Gasteiger partial charge on any atom is -0.508 e. The quantitative estimate of drug-likeness (QED) is 0.601. The Hall–Kier alpha value is -2.67. The van der Waals surface area contributed by atoms with Crippen LogP contribution in [-0.4, -0.2) is 19.9 Å². The summed E-state index contributed by atoms with van der Waals surface area (Å²) in [6.45, 7) is 3.90. The van der Waals surface area contributed by atoms with Crippen LogP contribution in [0.1, 0.15) is 19.4 Å². The lowest BCUT2D eigenvalue weighted by Crippen LogP contribution is -2.47. The van der Waals surface area contributed by atoms with Gasteiger partial charge in [0.05, 0.1) is 5.22 Å². The third-order valence-corrected chi connectivity index (χ3v) is 4.32. The van der Waals surface area contributed by atoms with E-state index in [0.717, 1.165) is 15.8 Å². The molecule has 0 aromatic heterocycles. The predicted molar refractivity (Wildman–Crippen MR) is 84.8 cm³/mol. The van der Waals surface area contributed by atoms with Crippen LogP contribution in [0, 0.1) is 5.41 Å². The van der Waals surface area contributed by atoms with Gasteiger partial charge in [0.1, 0.15) is 10.4 Å². The largest absolute Gasteiger partial charge is 0.508 e. The van der Waals surface area contributed by atoms with Crippen molar-refractivity contribution in [1.29, 1.82) is 5.41 Å². The second-order valence-corrected chi connectivity index (χ2v) is 6.05. The summed E-state index contributed by atoms with van der Waals surface area (Å²) < 4.78 is 2.38. The molecule has 2 aliphatic rings. The van der Waals surface area contributed by atoms with E-state index < -0.39 is 5.56 Å². The molecule has 0 radical (unpaired) electrons. The molecule has 1 aromatic carbocycles. The molecule has 0 unspecified atom stereocenters. The van der Waals surface area contributed by atoms with Gasteiger partial charge in [0, 0.05) is 0 Å². The van der Waals surface area contributed by atoms with Gasteiger partial charge in [-0.05, 0) is 43.2 Å². The molecule has 22 heavy (non-hydrogen) atoms. The van der Waals surface area contributed by atoms with Gasteiger partial charge in [-0.1, -0.05) is 23.5 Å². The van der Waals surface area contributed by atoms with Gasteiger partial charge in [-0.15, -0.1) is 0 Å². The average molecular weight is 314 g/mol. The molecule has 0 bridgehead atoms. The Balaban J connectivity index is 2.34. The molecule has 0 saturated carbocycles. The van der Waals surface area contributed by atoms with Crippen molar-refractivity contribution in [2.45, 2.75) is 13.8 Å². The van der Waals surface area contributed by atoms with E-state index in [9.17, 15) is 9.90 Å². The number of aromatic hydroxyl groups is 1. The molecule has 1 aromatic rings. The van der Waals surface area contributed by atoms with Crippen LogP contribution in [0.15, 0.2) is 29.1 Å². The lowest BCUT2D eigenvalue weighted by atomic mass is 10.2. The Bertz CT molecular complexity index is 1040. The number of hydrogen-bond acceptors (Lipinski definition) is 5. The smallest absolute Gasteiger partial charge is 0.283 e. The number of nitrogens with one attached hydrogen (secondary N) is 2. The van der Waals surface area contributed by atoms with Crippen LogP contribution < -0.4 is 20.9 Å². The second kappa shape index (κ2) is 5.27.